The topological polar surface area (TPSA) is 32.7 Å². The third-order valence-electron chi connectivity index (χ3n) is 3.86. The van der Waals surface area contributed by atoms with Gasteiger partial charge in [0.15, 0.2) is 11.6 Å². The van der Waals surface area contributed by atoms with E-state index in [4.69, 9.17) is 4.74 Å². The number of rotatable bonds is 1. The largest absolute Gasteiger partial charge is 0.487 e. The molecule has 0 aromatic heterocycles. The van der Waals surface area contributed by atoms with Crippen molar-refractivity contribution in [3.05, 3.63) is 29.6 Å². The summed E-state index contributed by atoms with van der Waals surface area (Å²) in [5.74, 6) is -0.0141. The molecule has 0 bridgehead atoms. The molecule has 0 spiro atoms. The van der Waals surface area contributed by atoms with Crippen LogP contribution < -0.4 is 4.74 Å². The predicted octanol–water partition coefficient (Wildman–Crippen LogP) is 2.11. The number of hydrogen-bond acceptors (Lipinski definition) is 3. The molecule has 2 atom stereocenters. The summed E-state index contributed by atoms with van der Waals surface area (Å²) in [4.78, 5) is 2.26. The zero-order valence-corrected chi connectivity index (χ0v) is 10.3. The van der Waals surface area contributed by atoms with Gasteiger partial charge in [0, 0.05) is 5.56 Å². The summed E-state index contributed by atoms with van der Waals surface area (Å²) in [6.07, 6.45) is 2.97. The number of ether oxygens (including phenoxy) is 1. The molecule has 2 aliphatic heterocycles. The van der Waals surface area contributed by atoms with E-state index < -0.39 is 6.10 Å². The van der Waals surface area contributed by atoms with E-state index in [1.54, 1.807) is 6.07 Å². The number of likely N-dealkylation sites (tertiary alicyclic amines) is 1. The van der Waals surface area contributed by atoms with Crippen LogP contribution in [-0.2, 0) is 0 Å². The van der Waals surface area contributed by atoms with Crippen LogP contribution in [0.25, 0.3) is 0 Å². The van der Waals surface area contributed by atoms with Crippen molar-refractivity contribution >= 4 is 0 Å². The van der Waals surface area contributed by atoms with Crippen LogP contribution in [0.5, 0.6) is 5.75 Å². The van der Waals surface area contributed by atoms with E-state index in [1.165, 1.54) is 12.5 Å². The van der Waals surface area contributed by atoms with Gasteiger partial charge in [0.25, 0.3) is 0 Å². The first-order chi connectivity index (χ1) is 8.77. The highest BCUT2D eigenvalue weighted by Crippen LogP contribution is 2.38. The van der Waals surface area contributed by atoms with Crippen molar-refractivity contribution in [1.82, 2.24) is 4.90 Å². The Morgan fingerprint density at radius 1 is 1.22 bits per heavy atom. The zero-order chi connectivity index (χ0) is 12.5. The van der Waals surface area contributed by atoms with Gasteiger partial charge >= 0.3 is 0 Å². The Hall–Kier alpha value is -1.13. The van der Waals surface area contributed by atoms with E-state index >= 15 is 0 Å². The minimum atomic E-state index is -0.572. The number of para-hydroxylation sites is 1. The molecule has 1 fully saturated rings. The molecule has 98 valence electrons. The number of piperidine rings is 1. The monoisotopic (exact) mass is 251 g/mol. The second-order valence-corrected chi connectivity index (χ2v) is 5.08. The standard InChI is InChI=1S/C14H18FNO2/c15-11-6-4-5-10-13(12(17)9-18-14(10)11)16-7-2-1-3-8-16/h4-6,12-13,17H,1-3,7-9H2. The van der Waals surface area contributed by atoms with Crippen molar-refractivity contribution in [2.75, 3.05) is 19.7 Å². The summed E-state index contributed by atoms with van der Waals surface area (Å²) in [5, 5.41) is 10.2. The van der Waals surface area contributed by atoms with E-state index in [2.05, 4.69) is 4.90 Å². The first-order valence-electron chi connectivity index (χ1n) is 6.60. The van der Waals surface area contributed by atoms with Crippen LogP contribution in [-0.4, -0.2) is 35.8 Å². The van der Waals surface area contributed by atoms with E-state index in [0.717, 1.165) is 31.5 Å². The normalized spacial score (nSPS) is 28.6. The number of aliphatic hydroxyl groups excluding tert-OH is 1. The molecule has 0 aliphatic carbocycles. The van der Waals surface area contributed by atoms with Gasteiger partial charge in [-0.2, -0.15) is 0 Å². The average molecular weight is 251 g/mol. The molecule has 0 amide bonds. The maximum atomic E-state index is 13.7. The summed E-state index contributed by atoms with van der Waals surface area (Å²) in [5.41, 5.74) is 0.788. The third kappa shape index (κ3) is 1.99. The number of aliphatic hydroxyl groups is 1. The highest BCUT2D eigenvalue weighted by atomic mass is 19.1. The van der Waals surface area contributed by atoms with Gasteiger partial charge in [0.05, 0.1) is 6.04 Å². The summed E-state index contributed by atoms with van der Waals surface area (Å²) >= 11 is 0. The molecule has 3 rings (SSSR count). The van der Waals surface area contributed by atoms with Crippen molar-refractivity contribution in [1.29, 1.82) is 0 Å². The Labute approximate surface area is 106 Å². The van der Waals surface area contributed by atoms with Crippen LogP contribution in [0.2, 0.25) is 0 Å². The van der Waals surface area contributed by atoms with Gasteiger partial charge < -0.3 is 9.84 Å². The second kappa shape index (κ2) is 4.86. The van der Waals surface area contributed by atoms with Crippen molar-refractivity contribution < 1.29 is 14.2 Å². The van der Waals surface area contributed by atoms with Gasteiger partial charge in [0.2, 0.25) is 0 Å². The van der Waals surface area contributed by atoms with Crippen molar-refractivity contribution in [2.45, 2.75) is 31.4 Å². The Morgan fingerprint density at radius 2 is 2.00 bits per heavy atom. The molecule has 18 heavy (non-hydrogen) atoms. The molecule has 1 aromatic carbocycles. The molecule has 2 heterocycles. The number of hydrogen-bond donors (Lipinski definition) is 1. The van der Waals surface area contributed by atoms with Gasteiger partial charge in [0.1, 0.15) is 12.7 Å². The fourth-order valence-electron chi connectivity index (χ4n) is 3.01. The number of benzene rings is 1. The lowest BCUT2D eigenvalue weighted by Crippen LogP contribution is -2.44. The van der Waals surface area contributed by atoms with E-state index in [-0.39, 0.29) is 18.5 Å². The first kappa shape index (κ1) is 11.9. The Bertz CT molecular complexity index is 432. The molecule has 2 unspecified atom stereocenters. The number of halogens is 1. The zero-order valence-electron chi connectivity index (χ0n) is 10.3. The van der Waals surface area contributed by atoms with Gasteiger partial charge in [-0.15, -0.1) is 0 Å². The number of nitrogens with zero attached hydrogens (tertiary/aromatic N) is 1. The van der Waals surface area contributed by atoms with E-state index in [9.17, 15) is 9.50 Å². The highest BCUT2D eigenvalue weighted by Gasteiger charge is 2.35. The molecule has 2 aliphatic rings. The van der Waals surface area contributed by atoms with Gasteiger partial charge in [-0.05, 0) is 32.0 Å². The quantitative estimate of drug-likeness (QED) is 0.829. The Balaban J connectivity index is 1.96. The van der Waals surface area contributed by atoms with E-state index in [1.807, 2.05) is 6.07 Å². The van der Waals surface area contributed by atoms with Gasteiger partial charge in [-0.1, -0.05) is 18.6 Å². The Morgan fingerprint density at radius 3 is 2.78 bits per heavy atom. The molecule has 0 radical (unpaired) electrons. The SMILES string of the molecule is OC1COc2c(F)cccc2C1N1CCCCC1. The van der Waals surface area contributed by atoms with Crippen LogP contribution in [0.4, 0.5) is 4.39 Å². The molecular weight excluding hydrogens is 233 g/mol. The molecule has 1 aromatic rings. The van der Waals surface area contributed by atoms with Gasteiger partial charge in [-0.3, -0.25) is 4.90 Å². The fourth-order valence-corrected chi connectivity index (χ4v) is 3.01. The van der Waals surface area contributed by atoms with Gasteiger partial charge in [-0.25, -0.2) is 4.39 Å². The summed E-state index contributed by atoms with van der Waals surface area (Å²) in [6.45, 7) is 2.12. The smallest absolute Gasteiger partial charge is 0.165 e. The predicted molar refractivity (Wildman–Crippen MR) is 66.1 cm³/mol. The molecule has 1 N–H and O–H groups in total. The lowest BCUT2D eigenvalue weighted by Gasteiger charge is -2.40. The minimum absolute atomic E-state index is 0.121. The third-order valence-corrected chi connectivity index (χ3v) is 3.86. The minimum Gasteiger partial charge on any atom is -0.487 e. The van der Waals surface area contributed by atoms with Crippen LogP contribution in [0.15, 0.2) is 18.2 Å². The second-order valence-electron chi connectivity index (χ2n) is 5.08. The Kier molecular flexibility index (Phi) is 3.22. The average Bonchev–Trinajstić information content (AvgIpc) is 2.40. The molecular formula is C14H18FNO2. The summed E-state index contributed by atoms with van der Waals surface area (Å²) < 4.78 is 19.0. The maximum Gasteiger partial charge on any atom is 0.165 e. The van der Waals surface area contributed by atoms with Crippen molar-refractivity contribution in [3.63, 3.8) is 0 Å². The highest BCUT2D eigenvalue weighted by molar-refractivity contribution is 5.39. The van der Waals surface area contributed by atoms with Crippen molar-refractivity contribution in [3.8, 4) is 5.75 Å². The molecule has 1 saturated heterocycles. The fraction of sp³-hybridized carbons (Fsp3) is 0.571. The van der Waals surface area contributed by atoms with Crippen LogP contribution in [0.3, 0.4) is 0 Å². The number of fused-ring (bicyclic) bond motifs is 1. The lowest BCUT2D eigenvalue weighted by molar-refractivity contribution is -0.00823. The van der Waals surface area contributed by atoms with Crippen molar-refractivity contribution in [2.24, 2.45) is 0 Å². The molecule has 4 heteroatoms. The van der Waals surface area contributed by atoms with Crippen LogP contribution in [0, 0.1) is 5.82 Å². The molecule has 3 nitrogen and oxygen atoms in total. The van der Waals surface area contributed by atoms with Crippen LogP contribution in [0.1, 0.15) is 30.9 Å². The summed E-state index contributed by atoms with van der Waals surface area (Å²) in [6, 6.07) is 4.83. The first-order valence-corrected chi connectivity index (χ1v) is 6.60. The molecule has 0 saturated carbocycles. The van der Waals surface area contributed by atoms with Crippen LogP contribution >= 0.6 is 0 Å². The maximum absolute atomic E-state index is 13.7. The van der Waals surface area contributed by atoms with E-state index in [0.29, 0.717) is 5.75 Å². The lowest BCUT2D eigenvalue weighted by atomic mass is 9.94. The summed E-state index contributed by atoms with van der Waals surface area (Å²) in [7, 11) is 0.